The zero-order chi connectivity index (χ0) is 37.9. The number of hydrogen-bond acceptors (Lipinski definition) is 12. The summed E-state index contributed by atoms with van der Waals surface area (Å²) in [6.07, 6.45) is 0. The first-order valence-corrected chi connectivity index (χ1v) is 14.3. The summed E-state index contributed by atoms with van der Waals surface area (Å²) in [6, 6.07) is 14.1. The molecule has 0 aromatic heterocycles. The average Bonchev–Trinajstić information content (AvgIpc) is 3.02. The summed E-state index contributed by atoms with van der Waals surface area (Å²) >= 11 is 0. The standard InChI is InChI=1S/2C14H22N2O.3Cu.2N3.2NO3/c2*1-4-16(5-2)11-10-15-12(3)13-8-6-7-9-14(13)17;;;;2*1-3-2;2*2-1(3)4/h2*6-9,17H,4-5,10-11H2,1-3H3;;;;;;;/q;;3*+2;4*-1/p-2. The molecule has 0 heterocycles. The zero-order valence-corrected chi connectivity index (χ0v) is 31.6. The molecule has 0 saturated carbocycles. The molecule has 0 unspecified atom stereocenters. The molecule has 0 saturated heterocycles. The Morgan fingerprint density at radius 2 is 0.824 bits per heavy atom. The fourth-order valence-corrected chi connectivity index (χ4v) is 3.50. The smallest absolute Gasteiger partial charge is 0.872 e. The van der Waals surface area contributed by atoms with Crippen LogP contribution in [-0.2, 0) is 51.2 Å². The number of para-hydroxylation sites is 2. The molecule has 0 bridgehead atoms. The van der Waals surface area contributed by atoms with E-state index in [0.29, 0.717) is 11.1 Å². The van der Waals surface area contributed by atoms with E-state index in [4.69, 9.17) is 52.8 Å². The molecule has 0 N–H and O–H groups in total. The number of nitrogens with zero attached hydrogens (tertiary/aromatic N) is 12. The second kappa shape index (κ2) is 43.9. The van der Waals surface area contributed by atoms with Gasteiger partial charge in [0.1, 0.15) is 0 Å². The maximum Gasteiger partial charge on any atom is 2.00 e. The van der Waals surface area contributed by atoms with Crippen molar-refractivity contribution in [2.75, 3.05) is 52.4 Å². The van der Waals surface area contributed by atoms with Crippen LogP contribution < -0.4 is 10.2 Å². The molecule has 2 aromatic rings. The molecule has 0 aliphatic carbocycles. The van der Waals surface area contributed by atoms with Crippen molar-refractivity contribution in [3.8, 4) is 11.5 Å². The summed E-state index contributed by atoms with van der Waals surface area (Å²) in [6.45, 7) is 20.0. The quantitative estimate of drug-likeness (QED) is 0.0518. The predicted octanol–water partition coefficient (Wildman–Crippen LogP) is 5.07. The third-order valence-electron chi connectivity index (χ3n) is 5.87. The van der Waals surface area contributed by atoms with Crippen LogP contribution in [0.5, 0.6) is 11.5 Å². The van der Waals surface area contributed by atoms with Crippen LogP contribution >= 0.6 is 0 Å². The molecule has 51 heavy (non-hydrogen) atoms. The Hall–Kier alpha value is -4.12. The number of rotatable bonds is 12. The van der Waals surface area contributed by atoms with Crippen molar-refractivity contribution < 1.29 is 71.6 Å². The molecule has 23 heteroatoms. The van der Waals surface area contributed by atoms with E-state index in [0.717, 1.165) is 63.8 Å². The molecule has 3 radical (unpaired) electrons. The van der Waals surface area contributed by atoms with Crippen LogP contribution in [0.3, 0.4) is 0 Å². The van der Waals surface area contributed by atoms with Crippen LogP contribution in [-0.4, -0.2) is 83.8 Å². The minimum absolute atomic E-state index is 0. The van der Waals surface area contributed by atoms with Crippen molar-refractivity contribution in [3.63, 3.8) is 0 Å². The summed E-state index contributed by atoms with van der Waals surface area (Å²) < 4.78 is 0. The van der Waals surface area contributed by atoms with Crippen molar-refractivity contribution in [1.29, 1.82) is 0 Å². The fourth-order valence-electron chi connectivity index (χ4n) is 3.50. The Kier molecular flexibility index (Phi) is 53.4. The van der Waals surface area contributed by atoms with E-state index in [1.807, 2.05) is 38.1 Å². The van der Waals surface area contributed by atoms with Gasteiger partial charge in [-0.25, -0.2) is 0 Å². The van der Waals surface area contributed by atoms with Gasteiger partial charge in [0.15, 0.2) is 0 Å². The van der Waals surface area contributed by atoms with Gasteiger partial charge in [0.05, 0.1) is 23.3 Å². The van der Waals surface area contributed by atoms with Gasteiger partial charge in [0.25, 0.3) is 0 Å². The fraction of sp³-hybridized carbons (Fsp3) is 0.500. The molecule has 295 valence electrons. The van der Waals surface area contributed by atoms with Gasteiger partial charge >= 0.3 is 51.2 Å². The van der Waals surface area contributed by atoms with Crippen molar-refractivity contribution in [2.24, 2.45) is 9.98 Å². The SMILES string of the molecule is CCN(CC)CCN=C(C)c1ccccc1[O-].CCN(CC)CCN=C(C)c1ccccc1[O-].O=[N+]([O-])[O-].O=[N+]([O-])[O-].[Cu+2].[Cu+2].[Cu+2].[N-]=[N+]=[N-].[N-]=[N+]=[N-]. The number of likely N-dealkylation sites (N-methyl/N-ethyl adjacent to an activating group) is 2. The van der Waals surface area contributed by atoms with E-state index in [9.17, 15) is 10.2 Å². The van der Waals surface area contributed by atoms with Crippen molar-refractivity contribution in [3.05, 3.63) is 122 Å². The van der Waals surface area contributed by atoms with Gasteiger partial charge in [-0.1, -0.05) is 87.7 Å². The van der Waals surface area contributed by atoms with Crippen LogP contribution in [0.25, 0.3) is 31.9 Å². The molecule has 0 amide bonds. The summed E-state index contributed by atoms with van der Waals surface area (Å²) in [4.78, 5) is 33.1. The van der Waals surface area contributed by atoms with Gasteiger partial charge in [-0.2, -0.15) is 0 Å². The predicted molar refractivity (Wildman–Crippen MR) is 182 cm³/mol. The average molecular weight is 865 g/mol. The third kappa shape index (κ3) is 42.0. The summed E-state index contributed by atoms with van der Waals surface area (Å²) in [5, 5.41) is 52.7. The molecule has 0 atom stereocenters. The van der Waals surface area contributed by atoms with Crippen molar-refractivity contribution in [2.45, 2.75) is 41.5 Å². The van der Waals surface area contributed by atoms with Gasteiger partial charge in [-0.05, 0) is 51.2 Å². The van der Waals surface area contributed by atoms with Crippen LogP contribution in [0.1, 0.15) is 52.7 Å². The second-order valence-corrected chi connectivity index (χ2v) is 8.61. The molecule has 0 spiro atoms. The van der Waals surface area contributed by atoms with E-state index >= 15 is 0 Å². The number of aliphatic imine (C=N–C) groups is 2. The zero-order valence-electron chi connectivity index (χ0n) is 28.8. The van der Waals surface area contributed by atoms with Gasteiger partial charge < -0.3 is 72.8 Å². The van der Waals surface area contributed by atoms with E-state index in [1.165, 1.54) is 9.82 Å². The van der Waals surface area contributed by atoms with E-state index in [2.05, 4.69) is 47.5 Å². The molecule has 2 rings (SSSR count). The molecular formula is C28H42Cu3N12O8. The van der Waals surface area contributed by atoms with Crippen LogP contribution in [0, 0.1) is 30.6 Å². The minimum Gasteiger partial charge on any atom is -0.872 e. The Morgan fingerprint density at radius 3 is 1.02 bits per heavy atom. The monoisotopic (exact) mass is 863 g/mol. The Bertz CT molecular complexity index is 1190. The molecule has 0 fully saturated rings. The maximum absolute atomic E-state index is 11.6. The van der Waals surface area contributed by atoms with Crippen molar-refractivity contribution in [1.82, 2.24) is 9.80 Å². The van der Waals surface area contributed by atoms with Gasteiger partial charge in [0.2, 0.25) is 0 Å². The summed E-state index contributed by atoms with van der Waals surface area (Å²) in [7, 11) is 0. The van der Waals surface area contributed by atoms with E-state index in [1.54, 1.807) is 24.3 Å². The molecule has 0 aliphatic heterocycles. The Balaban J connectivity index is -0.000000107. The first-order chi connectivity index (χ1) is 22.7. The van der Waals surface area contributed by atoms with E-state index in [-0.39, 0.29) is 62.7 Å². The largest absolute Gasteiger partial charge is 2.00 e. The second-order valence-electron chi connectivity index (χ2n) is 8.61. The van der Waals surface area contributed by atoms with Crippen LogP contribution in [0.2, 0.25) is 0 Å². The third-order valence-corrected chi connectivity index (χ3v) is 5.87. The Labute approximate surface area is 329 Å². The Morgan fingerprint density at radius 1 is 0.608 bits per heavy atom. The molecular weight excluding hydrogens is 823 g/mol. The first kappa shape index (κ1) is 62.0. The molecule has 0 aliphatic rings. The molecule has 20 nitrogen and oxygen atoms in total. The van der Waals surface area contributed by atoms with Crippen LogP contribution in [0.4, 0.5) is 0 Å². The number of benzene rings is 2. The van der Waals surface area contributed by atoms with Gasteiger partial charge in [0, 0.05) is 24.5 Å². The first-order valence-electron chi connectivity index (χ1n) is 14.3. The summed E-state index contributed by atoms with van der Waals surface area (Å²) in [5.41, 5.74) is 30.1. The van der Waals surface area contributed by atoms with Crippen molar-refractivity contribution >= 4 is 11.4 Å². The maximum atomic E-state index is 11.6. The summed E-state index contributed by atoms with van der Waals surface area (Å²) in [5.74, 6) is 0.105. The molecule has 2 aromatic carbocycles. The van der Waals surface area contributed by atoms with Crippen LogP contribution in [0.15, 0.2) is 58.5 Å². The topological polar surface area (TPSA) is 327 Å². The van der Waals surface area contributed by atoms with E-state index < -0.39 is 10.2 Å². The minimum atomic E-state index is -1.75. The van der Waals surface area contributed by atoms with Gasteiger partial charge in [-0.3, -0.25) is 19.8 Å². The number of hydrogen-bond donors (Lipinski definition) is 0. The van der Waals surface area contributed by atoms with Gasteiger partial charge in [-0.15, -0.1) is 0 Å². The normalized spacial score (nSPS) is 9.33.